The van der Waals surface area contributed by atoms with Crippen molar-refractivity contribution in [1.29, 1.82) is 5.26 Å². The molecule has 0 aliphatic heterocycles. The van der Waals surface area contributed by atoms with Crippen LogP contribution >= 0.6 is 0 Å². The van der Waals surface area contributed by atoms with E-state index in [-0.39, 0.29) is 0 Å². The summed E-state index contributed by atoms with van der Waals surface area (Å²) < 4.78 is 0. The van der Waals surface area contributed by atoms with Crippen LogP contribution in [0.15, 0.2) is 24.3 Å². The van der Waals surface area contributed by atoms with Crippen LogP contribution < -0.4 is 16.6 Å². The lowest BCUT2D eigenvalue weighted by Gasteiger charge is -2.13. The van der Waals surface area contributed by atoms with E-state index < -0.39 is 0 Å². The van der Waals surface area contributed by atoms with Crippen LogP contribution in [0.3, 0.4) is 0 Å². The molecule has 6 nitrogen and oxygen atoms in total. The van der Waals surface area contributed by atoms with Gasteiger partial charge in [-0.05, 0) is 31.2 Å². The fourth-order valence-corrected chi connectivity index (χ4v) is 1.75. The molecule has 0 spiro atoms. The van der Waals surface area contributed by atoms with Crippen LogP contribution in [-0.4, -0.2) is 9.97 Å². The zero-order valence-corrected chi connectivity index (χ0v) is 11.4. The molecule has 2 rings (SSSR count). The first kappa shape index (κ1) is 13.8. The number of aryl methyl sites for hydroxylation is 1. The van der Waals surface area contributed by atoms with Crippen molar-refractivity contribution in [3.8, 4) is 6.07 Å². The minimum Gasteiger partial charge on any atom is -0.340 e. The first-order valence-corrected chi connectivity index (χ1v) is 6.29. The third-order valence-electron chi connectivity index (χ3n) is 2.92. The molecule has 6 heteroatoms. The van der Waals surface area contributed by atoms with Gasteiger partial charge in [-0.2, -0.15) is 5.26 Å². The van der Waals surface area contributed by atoms with Gasteiger partial charge in [-0.25, -0.2) is 15.8 Å². The molecule has 2 aromatic rings. The Morgan fingerprint density at radius 2 is 1.85 bits per heavy atom. The summed E-state index contributed by atoms with van der Waals surface area (Å²) in [5.41, 5.74) is 4.90. The predicted octanol–water partition coefficient (Wildman–Crippen LogP) is 2.25. The Morgan fingerprint density at radius 3 is 2.40 bits per heavy atom. The summed E-state index contributed by atoms with van der Waals surface area (Å²) in [4.78, 5) is 8.76. The number of hydrogen-bond acceptors (Lipinski definition) is 6. The summed E-state index contributed by atoms with van der Waals surface area (Å²) in [6, 6.07) is 9.26. The summed E-state index contributed by atoms with van der Waals surface area (Å²) >= 11 is 0. The average molecular weight is 268 g/mol. The second-order valence-electron chi connectivity index (χ2n) is 4.27. The average Bonchev–Trinajstić information content (AvgIpc) is 2.50. The van der Waals surface area contributed by atoms with Crippen molar-refractivity contribution in [2.24, 2.45) is 5.84 Å². The maximum Gasteiger partial charge on any atom is 0.148 e. The number of hydrazine groups is 1. The standard InChI is InChI=1S/C14H16N6/c1-3-12-18-13(9(2)14(19-12)20-16)17-11-6-4-10(8-15)5-7-11/h4-7H,3,16H2,1-2H3,(H2,17,18,19,20). The first-order valence-electron chi connectivity index (χ1n) is 6.29. The zero-order chi connectivity index (χ0) is 14.5. The van der Waals surface area contributed by atoms with Gasteiger partial charge in [0.05, 0.1) is 11.6 Å². The molecule has 0 amide bonds. The second kappa shape index (κ2) is 5.99. The molecule has 20 heavy (non-hydrogen) atoms. The van der Waals surface area contributed by atoms with E-state index in [1.165, 1.54) is 0 Å². The minimum absolute atomic E-state index is 0.605. The maximum absolute atomic E-state index is 8.79. The number of aromatic nitrogens is 2. The fourth-order valence-electron chi connectivity index (χ4n) is 1.75. The number of nitrogen functional groups attached to an aromatic ring is 1. The van der Waals surface area contributed by atoms with Crippen LogP contribution in [0.2, 0.25) is 0 Å². The predicted molar refractivity (Wildman–Crippen MR) is 78.4 cm³/mol. The third kappa shape index (κ3) is 2.84. The van der Waals surface area contributed by atoms with Crippen molar-refractivity contribution in [1.82, 2.24) is 9.97 Å². The molecule has 0 saturated carbocycles. The van der Waals surface area contributed by atoms with Crippen molar-refractivity contribution >= 4 is 17.3 Å². The van der Waals surface area contributed by atoms with E-state index in [2.05, 4.69) is 26.8 Å². The van der Waals surface area contributed by atoms with Gasteiger partial charge >= 0.3 is 0 Å². The molecule has 0 saturated heterocycles. The number of benzene rings is 1. The lowest BCUT2D eigenvalue weighted by molar-refractivity contribution is 0.932. The Kier molecular flexibility index (Phi) is 4.13. The highest BCUT2D eigenvalue weighted by Gasteiger charge is 2.09. The Hall–Kier alpha value is -2.65. The number of nitrogens with zero attached hydrogens (tertiary/aromatic N) is 3. The Morgan fingerprint density at radius 1 is 1.20 bits per heavy atom. The second-order valence-corrected chi connectivity index (χ2v) is 4.27. The zero-order valence-electron chi connectivity index (χ0n) is 11.4. The van der Waals surface area contributed by atoms with Crippen molar-refractivity contribution in [2.75, 3.05) is 10.7 Å². The highest BCUT2D eigenvalue weighted by molar-refractivity contribution is 5.64. The number of anilines is 3. The van der Waals surface area contributed by atoms with Crippen molar-refractivity contribution < 1.29 is 0 Å². The van der Waals surface area contributed by atoms with Gasteiger partial charge in [-0.15, -0.1) is 0 Å². The number of nitrogens with two attached hydrogens (primary N) is 1. The first-order chi connectivity index (χ1) is 9.67. The quantitative estimate of drug-likeness (QED) is 0.581. The summed E-state index contributed by atoms with van der Waals surface area (Å²) in [6.45, 7) is 3.87. The summed E-state index contributed by atoms with van der Waals surface area (Å²) in [5, 5.41) is 12.0. The van der Waals surface area contributed by atoms with Gasteiger partial charge in [0.15, 0.2) is 0 Å². The normalized spacial score (nSPS) is 9.90. The Labute approximate surface area is 117 Å². The summed E-state index contributed by atoms with van der Waals surface area (Å²) in [7, 11) is 0. The molecular weight excluding hydrogens is 252 g/mol. The van der Waals surface area contributed by atoms with Gasteiger partial charge in [-0.3, -0.25) is 0 Å². The van der Waals surface area contributed by atoms with Gasteiger partial charge < -0.3 is 10.7 Å². The van der Waals surface area contributed by atoms with E-state index in [1.54, 1.807) is 12.1 Å². The van der Waals surface area contributed by atoms with E-state index in [9.17, 15) is 0 Å². The van der Waals surface area contributed by atoms with Crippen LogP contribution in [-0.2, 0) is 6.42 Å². The SMILES string of the molecule is CCc1nc(NN)c(C)c(Nc2ccc(C#N)cc2)n1. The minimum atomic E-state index is 0.605. The van der Waals surface area contributed by atoms with Gasteiger partial charge in [0.2, 0.25) is 0 Å². The van der Waals surface area contributed by atoms with Crippen LogP contribution in [0, 0.1) is 18.3 Å². The molecule has 0 aliphatic carbocycles. The summed E-state index contributed by atoms with van der Waals surface area (Å²) in [6.07, 6.45) is 0.719. The highest BCUT2D eigenvalue weighted by Crippen LogP contribution is 2.23. The van der Waals surface area contributed by atoms with Crippen molar-refractivity contribution in [2.45, 2.75) is 20.3 Å². The molecule has 1 aromatic carbocycles. The Balaban J connectivity index is 2.34. The van der Waals surface area contributed by atoms with E-state index >= 15 is 0 Å². The van der Waals surface area contributed by atoms with Crippen molar-refractivity contribution in [3.63, 3.8) is 0 Å². The highest BCUT2D eigenvalue weighted by atomic mass is 15.3. The van der Waals surface area contributed by atoms with E-state index in [0.29, 0.717) is 23.0 Å². The smallest absolute Gasteiger partial charge is 0.148 e. The number of rotatable bonds is 4. The van der Waals surface area contributed by atoms with Crippen LogP contribution in [0.4, 0.5) is 17.3 Å². The van der Waals surface area contributed by atoms with Gasteiger partial charge in [0.1, 0.15) is 17.5 Å². The lowest BCUT2D eigenvalue weighted by atomic mass is 10.2. The summed E-state index contributed by atoms with van der Waals surface area (Å²) in [5.74, 6) is 7.49. The number of nitrogens with one attached hydrogen (secondary N) is 2. The fraction of sp³-hybridized carbons (Fsp3) is 0.214. The molecule has 0 unspecified atom stereocenters. The molecule has 0 bridgehead atoms. The monoisotopic (exact) mass is 268 g/mol. The lowest BCUT2D eigenvalue weighted by Crippen LogP contribution is -2.13. The molecule has 0 aliphatic rings. The van der Waals surface area contributed by atoms with Crippen LogP contribution in [0.1, 0.15) is 23.9 Å². The van der Waals surface area contributed by atoms with Gasteiger partial charge in [0.25, 0.3) is 0 Å². The third-order valence-corrected chi connectivity index (χ3v) is 2.92. The molecule has 1 aromatic heterocycles. The number of nitriles is 1. The molecule has 1 heterocycles. The molecule has 0 radical (unpaired) electrons. The molecule has 102 valence electrons. The molecular formula is C14H16N6. The van der Waals surface area contributed by atoms with Gasteiger partial charge in [-0.1, -0.05) is 6.92 Å². The van der Waals surface area contributed by atoms with Crippen LogP contribution in [0.25, 0.3) is 0 Å². The van der Waals surface area contributed by atoms with Crippen LogP contribution in [0.5, 0.6) is 0 Å². The molecule has 0 atom stereocenters. The van der Waals surface area contributed by atoms with E-state index in [1.807, 2.05) is 26.0 Å². The Bertz CT molecular complexity index is 642. The molecule has 4 N–H and O–H groups in total. The van der Waals surface area contributed by atoms with Crippen molar-refractivity contribution in [3.05, 3.63) is 41.2 Å². The topological polar surface area (TPSA) is 99.6 Å². The molecule has 0 fully saturated rings. The van der Waals surface area contributed by atoms with E-state index in [0.717, 1.165) is 17.7 Å². The van der Waals surface area contributed by atoms with Gasteiger partial charge in [0, 0.05) is 17.7 Å². The number of hydrogen-bond donors (Lipinski definition) is 3. The largest absolute Gasteiger partial charge is 0.340 e. The maximum atomic E-state index is 8.79. The van der Waals surface area contributed by atoms with E-state index in [4.69, 9.17) is 11.1 Å².